The molecule has 1 aromatic carbocycles. The Kier molecular flexibility index (Phi) is 7.53. The molecule has 162 valence electrons. The molecule has 0 bridgehead atoms. The van der Waals surface area contributed by atoms with Crippen molar-refractivity contribution in [2.75, 3.05) is 26.3 Å². The van der Waals surface area contributed by atoms with E-state index in [1.165, 1.54) is 28.6 Å². The van der Waals surface area contributed by atoms with Gasteiger partial charge in [-0.25, -0.2) is 8.42 Å². The van der Waals surface area contributed by atoms with Crippen LogP contribution in [0.5, 0.6) is 5.75 Å². The van der Waals surface area contributed by atoms with Gasteiger partial charge in [0.2, 0.25) is 5.91 Å². The van der Waals surface area contributed by atoms with Crippen molar-refractivity contribution in [3.8, 4) is 5.75 Å². The van der Waals surface area contributed by atoms with E-state index in [1.807, 2.05) is 0 Å². The number of thiophene rings is 1. The van der Waals surface area contributed by atoms with Crippen LogP contribution in [0.2, 0.25) is 0 Å². The Balaban J connectivity index is 1.58. The molecule has 0 aliphatic carbocycles. The maximum absolute atomic E-state index is 12.6. The van der Waals surface area contributed by atoms with Crippen LogP contribution in [0.15, 0.2) is 46.7 Å². The van der Waals surface area contributed by atoms with Crippen LogP contribution in [0.4, 0.5) is 8.78 Å². The molecular formula is C19H20F2N2O5S2. The first-order valence-corrected chi connectivity index (χ1v) is 11.3. The number of morpholine rings is 1. The lowest BCUT2D eigenvalue weighted by molar-refractivity contribution is -0.116. The third-order valence-electron chi connectivity index (χ3n) is 4.19. The highest BCUT2D eigenvalue weighted by atomic mass is 32.2. The van der Waals surface area contributed by atoms with Gasteiger partial charge in [-0.05, 0) is 24.3 Å². The van der Waals surface area contributed by atoms with Gasteiger partial charge in [0.15, 0.2) is 0 Å². The number of carbonyl (C=O) groups excluding carboxylic acids is 1. The zero-order valence-electron chi connectivity index (χ0n) is 15.8. The molecule has 0 radical (unpaired) electrons. The van der Waals surface area contributed by atoms with Crippen LogP contribution in [0.25, 0.3) is 6.08 Å². The number of ether oxygens (including phenoxy) is 2. The summed E-state index contributed by atoms with van der Waals surface area (Å²) < 4.78 is 61.3. The van der Waals surface area contributed by atoms with Crippen molar-refractivity contribution in [2.45, 2.75) is 17.4 Å². The van der Waals surface area contributed by atoms with E-state index in [1.54, 1.807) is 24.3 Å². The summed E-state index contributed by atoms with van der Waals surface area (Å²) in [5.41, 5.74) is 0.336. The van der Waals surface area contributed by atoms with Gasteiger partial charge in [-0.3, -0.25) is 4.79 Å². The lowest BCUT2D eigenvalue weighted by atomic mass is 10.2. The number of carbonyl (C=O) groups is 1. The minimum absolute atomic E-state index is 0.0345. The van der Waals surface area contributed by atoms with Crippen molar-refractivity contribution in [1.82, 2.24) is 9.62 Å². The number of amides is 1. The fourth-order valence-corrected chi connectivity index (χ4v) is 5.58. The van der Waals surface area contributed by atoms with Gasteiger partial charge < -0.3 is 14.8 Å². The summed E-state index contributed by atoms with van der Waals surface area (Å²) in [5, 5.41) is 2.64. The standard InChI is InChI=1S/C19H20F2N2O5S2/c20-19(21)28-16-4-2-1-3-14(16)5-7-17(24)22-13-15-6-8-18(29-15)30(25,26)23-9-11-27-12-10-23/h1-8,19H,9-13H2,(H,22,24)/b7-5+. The molecule has 1 aliphatic heterocycles. The molecule has 1 fully saturated rings. The normalized spacial score (nSPS) is 15.6. The third-order valence-corrected chi connectivity index (χ3v) is 7.64. The topological polar surface area (TPSA) is 84.9 Å². The fraction of sp³-hybridized carbons (Fsp3) is 0.316. The zero-order chi connectivity index (χ0) is 21.6. The van der Waals surface area contributed by atoms with Gasteiger partial charge in [-0.15, -0.1) is 11.3 Å². The molecular weight excluding hydrogens is 438 g/mol. The van der Waals surface area contributed by atoms with Crippen molar-refractivity contribution in [1.29, 1.82) is 0 Å². The number of rotatable bonds is 8. The molecule has 1 aromatic heterocycles. The number of nitrogens with one attached hydrogen (secondary N) is 1. The molecule has 1 amide bonds. The Labute approximate surface area is 177 Å². The van der Waals surface area contributed by atoms with Gasteiger partial charge in [0, 0.05) is 29.6 Å². The van der Waals surface area contributed by atoms with E-state index in [4.69, 9.17) is 4.74 Å². The number of sulfonamides is 1. The quantitative estimate of drug-likeness (QED) is 0.615. The Bertz CT molecular complexity index is 1000. The number of para-hydroxylation sites is 1. The van der Waals surface area contributed by atoms with Crippen LogP contribution in [0.3, 0.4) is 0 Å². The molecule has 2 aromatic rings. The summed E-state index contributed by atoms with van der Waals surface area (Å²) in [4.78, 5) is 12.7. The molecule has 0 atom stereocenters. The van der Waals surface area contributed by atoms with Crippen molar-refractivity contribution >= 4 is 33.3 Å². The van der Waals surface area contributed by atoms with E-state index in [-0.39, 0.29) is 16.5 Å². The van der Waals surface area contributed by atoms with Crippen LogP contribution >= 0.6 is 11.3 Å². The van der Waals surface area contributed by atoms with E-state index < -0.39 is 22.5 Å². The van der Waals surface area contributed by atoms with E-state index in [2.05, 4.69) is 10.1 Å². The van der Waals surface area contributed by atoms with Gasteiger partial charge in [0.05, 0.1) is 19.8 Å². The van der Waals surface area contributed by atoms with E-state index >= 15 is 0 Å². The SMILES string of the molecule is O=C(/C=C/c1ccccc1OC(F)F)NCc1ccc(S(=O)(=O)N2CCOCC2)s1. The summed E-state index contributed by atoms with van der Waals surface area (Å²) in [6.07, 6.45) is 2.57. The summed E-state index contributed by atoms with van der Waals surface area (Å²) >= 11 is 1.09. The number of nitrogens with zero attached hydrogens (tertiary/aromatic N) is 1. The summed E-state index contributed by atoms with van der Waals surface area (Å²) in [6, 6.07) is 9.28. The van der Waals surface area contributed by atoms with Gasteiger partial charge in [0.1, 0.15) is 9.96 Å². The van der Waals surface area contributed by atoms with Crippen molar-refractivity contribution < 1.29 is 31.5 Å². The highest BCUT2D eigenvalue weighted by Crippen LogP contribution is 2.25. The maximum atomic E-state index is 12.6. The number of alkyl halides is 2. The molecule has 1 saturated heterocycles. The molecule has 2 heterocycles. The zero-order valence-corrected chi connectivity index (χ0v) is 17.4. The maximum Gasteiger partial charge on any atom is 0.387 e. The highest BCUT2D eigenvalue weighted by Gasteiger charge is 2.27. The van der Waals surface area contributed by atoms with Gasteiger partial charge in [0.25, 0.3) is 10.0 Å². The average Bonchev–Trinajstić information content (AvgIpc) is 3.22. The largest absolute Gasteiger partial charge is 0.434 e. The van der Waals surface area contributed by atoms with Crippen LogP contribution in [-0.4, -0.2) is 51.5 Å². The van der Waals surface area contributed by atoms with Crippen molar-refractivity contribution in [3.05, 3.63) is 52.9 Å². The van der Waals surface area contributed by atoms with Crippen LogP contribution in [0, 0.1) is 0 Å². The first-order chi connectivity index (χ1) is 14.4. The molecule has 11 heteroatoms. The number of hydrogen-bond acceptors (Lipinski definition) is 6. The molecule has 1 aliphatic rings. The average molecular weight is 459 g/mol. The highest BCUT2D eigenvalue weighted by molar-refractivity contribution is 7.91. The molecule has 7 nitrogen and oxygen atoms in total. The molecule has 30 heavy (non-hydrogen) atoms. The van der Waals surface area contributed by atoms with E-state index in [0.717, 1.165) is 11.3 Å². The fourth-order valence-electron chi connectivity index (χ4n) is 2.73. The van der Waals surface area contributed by atoms with Gasteiger partial charge >= 0.3 is 6.61 Å². The first-order valence-electron chi connectivity index (χ1n) is 9.02. The Hall–Kier alpha value is -2.34. The van der Waals surface area contributed by atoms with Crippen LogP contribution < -0.4 is 10.1 Å². The molecule has 0 spiro atoms. The van der Waals surface area contributed by atoms with E-state index in [0.29, 0.717) is 36.7 Å². The smallest absolute Gasteiger partial charge is 0.387 e. The minimum atomic E-state index is -3.57. The van der Waals surface area contributed by atoms with Crippen molar-refractivity contribution in [3.63, 3.8) is 0 Å². The lowest BCUT2D eigenvalue weighted by Crippen LogP contribution is -2.40. The number of hydrogen-bond donors (Lipinski definition) is 1. The molecule has 1 N–H and O–H groups in total. The second-order valence-corrected chi connectivity index (χ2v) is 9.54. The Morgan fingerprint density at radius 1 is 1.23 bits per heavy atom. The summed E-state index contributed by atoms with van der Waals surface area (Å²) in [6.45, 7) is -1.46. The monoisotopic (exact) mass is 458 g/mol. The van der Waals surface area contributed by atoms with E-state index in [9.17, 15) is 22.0 Å². The Morgan fingerprint density at radius 2 is 1.97 bits per heavy atom. The predicted molar refractivity (Wildman–Crippen MR) is 108 cm³/mol. The molecule has 0 unspecified atom stereocenters. The van der Waals surface area contributed by atoms with Crippen molar-refractivity contribution in [2.24, 2.45) is 0 Å². The first kappa shape index (κ1) is 22.3. The number of benzene rings is 1. The number of halogens is 2. The van der Waals surface area contributed by atoms with Gasteiger partial charge in [-0.1, -0.05) is 18.2 Å². The predicted octanol–water partition coefficient (Wildman–Crippen LogP) is 2.70. The van der Waals surface area contributed by atoms with Gasteiger partial charge in [-0.2, -0.15) is 13.1 Å². The third kappa shape index (κ3) is 5.85. The summed E-state index contributed by atoms with van der Waals surface area (Å²) in [5.74, 6) is -0.486. The Morgan fingerprint density at radius 3 is 2.70 bits per heavy atom. The summed E-state index contributed by atoms with van der Waals surface area (Å²) in [7, 11) is -3.57. The second-order valence-electron chi connectivity index (χ2n) is 6.20. The minimum Gasteiger partial charge on any atom is -0.434 e. The lowest BCUT2D eigenvalue weighted by Gasteiger charge is -2.25. The molecule has 3 rings (SSSR count). The van der Waals surface area contributed by atoms with Crippen LogP contribution in [0.1, 0.15) is 10.4 Å². The molecule has 0 saturated carbocycles. The second kappa shape index (κ2) is 10.1. The van der Waals surface area contributed by atoms with Crippen LogP contribution in [-0.2, 0) is 26.1 Å².